The van der Waals surface area contributed by atoms with Gasteiger partial charge in [-0.15, -0.1) is 17.7 Å². The fourth-order valence-corrected chi connectivity index (χ4v) is 5.13. The van der Waals surface area contributed by atoms with Crippen molar-refractivity contribution in [3.8, 4) is 0 Å². The van der Waals surface area contributed by atoms with E-state index in [9.17, 15) is 0 Å². The van der Waals surface area contributed by atoms with Crippen molar-refractivity contribution >= 4 is 23.9 Å². The summed E-state index contributed by atoms with van der Waals surface area (Å²) in [6.45, 7) is 11.6. The molecule has 2 rings (SSSR count). The van der Waals surface area contributed by atoms with E-state index in [1.807, 2.05) is 0 Å². The second-order valence-electron chi connectivity index (χ2n) is 6.26. The van der Waals surface area contributed by atoms with Gasteiger partial charge < -0.3 is 0 Å². The van der Waals surface area contributed by atoms with Crippen LogP contribution in [0.1, 0.15) is 39.2 Å². The number of hydrogen-bond donors (Lipinski definition) is 0. The Hall–Kier alpha value is -0.925. The molecule has 1 atom stereocenters. The highest BCUT2D eigenvalue weighted by Crippen LogP contribution is 2.36. The van der Waals surface area contributed by atoms with E-state index in [-0.39, 0.29) is 4.77 Å². The number of allylic oxidation sites excluding steroid dienone is 2. The first-order valence-electron chi connectivity index (χ1n) is 8.99. The Morgan fingerprint density at radius 1 is 1.04 bits per heavy atom. The number of benzene rings is 1. The molecule has 0 aliphatic carbocycles. The summed E-state index contributed by atoms with van der Waals surface area (Å²) in [5.41, 5.74) is 2.75. The molecule has 124 valence electrons. The van der Waals surface area contributed by atoms with E-state index < -0.39 is 0 Å². The van der Waals surface area contributed by atoms with Crippen LogP contribution in [0.4, 0.5) is 0 Å². The van der Waals surface area contributed by atoms with E-state index in [0.717, 1.165) is 13.1 Å². The molecular weight excluding hydrogens is 297 g/mol. The first kappa shape index (κ1) is 18.4. The molecule has 1 aromatic carbocycles. The van der Waals surface area contributed by atoms with Gasteiger partial charge in [-0.3, -0.25) is 4.90 Å². The number of likely N-dealkylation sites (N-methyl/N-ethyl adjacent to an activating group) is 1. The smallest absolute Gasteiger partial charge is 0.240 e. The molecular formula is C20H30BNS. The van der Waals surface area contributed by atoms with Gasteiger partial charge in [0.25, 0.3) is 0 Å². The minimum atomic E-state index is 0.0443. The summed E-state index contributed by atoms with van der Waals surface area (Å²) in [4.78, 5) is 2.62. The normalized spacial score (nSPS) is 20.5. The third kappa shape index (κ3) is 4.13. The highest BCUT2D eigenvalue weighted by atomic mass is 32.2. The predicted molar refractivity (Wildman–Crippen MR) is 108 cm³/mol. The van der Waals surface area contributed by atoms with E-state index >= 15 is 0 Å². The number of rotatable bonds is 8. The van der Waals surface area contributed by atoms with Crippen LogP contribution >= 0.6 is 11.8 Å². The predicted octanol–water partition coefficient (Wildman–Crippen LogP) is 4.47. The summed E-state index contributed by atoms with van der Waals surface area (Å²) in [5.74, 6) is 3.61. The monoisotopic (exact) mass is 327 g/mol. The minimum absolute atomic E-state index is 0.0443. The number of unbranched alkanes of at least 4 members (excludes halogenated alkanes) is 1. The fraction of sp³-hybridized carbons (Fsp3) is 0.500. The van der Waals surface area contributed by atoms with Crippen LogP contribution in [-0.2, 0) is 0 Å². The molecule has 1 nitrogen and oxygen atoms in total. The SMILES string of the molecule is CCCCSC1(N(CC)CC)C=CC=CB1c1ccc(C)cc1. The van der Waals surface area contributed by atoms with Gasteiger partial charge in [0.05, 0.1) is 4.77 Å². The molecule has 1 aromatic rings. The van der Waals surface area contributed by atoms with Crippen LogP contribution in [-0.4, -0.2) is 35.2 Å². The Morgan fingerprint density at radius 2 is 1.74 bits per heavy atom. The Morgan fingerprint density at radius 3 is 2.35 bits per heavy atom. The second kappa shape index (κ2) is 8.80. The topological polar surface area (TPSA) is 3.24 Å². The van der Waals surface area contributed by atoms with Crippen molar-refractivity contribution in [2.75, 3.05) is 18.8 Å². The van der Waals surface area contributed by atoms with Gasteiger partial charge in [0.15, 0.2) is 0 Å². The fourth-order valence-electron chi connectivity index (χ4n) is 3.36. The van der Waals surface area contributed by atoms with Crippen molar-refractivity contribution in [3.63, 3.8) is 0 Å². The molecule has 3 heteroatoms. The summed E-state index contributed by atoms with van der Waals surface area (Å²) in [6, 6.07) is 9.10. The van der Waals surface area contributed by atoms with E-state index in [2.05, 4.69) is 92.8 Å². The molecule has 0 saturated heterocycles. The van der Waals surface area contributed by atoms with Crippen molar-refractivity contribution in [3.05, 3.63) is 54.0 Å². The largest absolute Gasteiger partial charge is 0.292 e. The molecule has 1 aliphatic heterocycles. The van der Waals surface area contributed by atoms with Crippen molar-refractivity contribution in [1.82, 2.24) is 4.90 Å². The highest BCUT2D eigenvalue weighted by Gasteiger charge is 2.44. The molecule has 0 saturated carbocycles. The maximum atomic E-state index is 2.62. The van der Waals surface area contributed by atoms with E-state index in [0.29, 0.717) is 6.71 Å². The number of thioether (sulfide) groups is 1. The standard InChI is InChI=1S/C20H30BNS/c1-5-8-17-23-20(22(6-2)7-3)15-9-10-16-21(20)19-13-11-18(4)12-14-19/h9-16H,5-8,17H2,1-4H3. The molecule has 1 unspecified atom stereocenters. The number of nitrogens with zero attached hydrogens (tertiary/aromatic N) is 1. The molecule has 0 fully saturated rings. The lowest BCUT2D eigenvalue weighted by molar-refractivity contribution is 0.284. The average Bonchev–Trinajstić information content (AvgIpc) is 2.57. The van der Waals surface area contributed by atoms with Gasteiger partial charge in [-0.05, 0) is 32.2 Å². The van der Waals surface area contributed by atoms with Crippen molar-refractivity contribution in [1.29, 1.82) is 0 Å². The Bertz CT molecular complexity index is 533. The molecule has 0 radical (unpaired) electrons. The van der Waals surface area contributed by atoms with Crippen LogP contribution in [0.25, 0.3) is 0 Å². The first-order valence-corrected chi connectivity index (χ1v) is 9.98. The minimum Gasteiger partial charge on any atom is -0.292 e. The molecule has 0 spiro atoms. The summed E-state index contributed by atoms with van der Waals surface area (Å²) in [6.07, 6.45) is 9.43. The zero-order valence-corrected chi connectivity index (χ0v) is 15.9. The van der Waals surface area contributed by atoms with Crippen molar-refractivity contribution < 1.29 is 0 Å². The maximum absolute atomic E-state index is 2.62. The van der Waals surface area contributed by atoms with Crippen LogP contribution in [0.3, 0.4) is 0 Å². The molecule has 0 N–H and O–H groups in total. The Balaban J connectivity index is 2.40. The van der Waals surface area contributed by atoms with Gasteiger partial charge in [-0.2, -0.15) is 0 Å². The third-order valence-corrected chi connectivity index (χ3v) is 6.32. The Kier molecular flexibility index (Phi) is 7.04. The van der Waals surface area contributed by atoms with Crippen LogP contribution in [0.2, 0.25) is 0 Å². The summed E-state index contributed by atoms with van der Waals surface area (Å²) in [7, 11) is 0. The third-order valence-electron chi connectivity index (χ3n) is 4.72. The highest BCUT2D eigenvalue weighted by molar-refractivity contribution is 8.02. The lowest BCUT2D eigenvalue weighted by atomic mass is 9.37. The summed E-state index contributed by atoms with van der Waals surface area (Å²) >= 11 is 2.12. The molecule has 0 aromatic heterocycles. The number of aryl methyl sites for hydroxylation is 1. The maximum Gasteiger partial charge on any atom is 0.240 e. The van der Waals surface area contributed by atoms with Gasteiger partial charge in [-0.25, -0.2) is 0 Å². The van der Waals surface area contributed by atoms with Gasteiger partial charge in [0.2, 0.25) is 6.71 Å². The molecule has 0 amide bonds. The van der Waals surface area contributed by atoms with Crippen LogP contribution in [0.15, 0.2) is 48.5 Å². The molecule has 1 heterocycles. The quantitative estimate of drug-likeness (QED) is 0.394. The number of hydrogen-bond acceptors (Lipinski definition) is 2. The average molecular weight is 327 g/mol. The van der Waals surface area contributed by atoms with E-state index in [1.54, 1.807) is 0 Å². The zero-order valence-electron chi connectivity index (χ0n) is 15.1. The van der Waals surface area contributed by atoms with E-state index in [1.165, 1.54) is 29.6 Å². The van der Waals surface area contributed by atoms with E-state index in [4.69, 9.17) is 0 Å². The first-order chi connectivity index (χ1) is 11.2. The van der Waals surface area contributed by atoms with Gasteiger partial charge in [0, 0.05) is 0 Å². The Labute approximate surface area is 147 Å². The zero-order chi connectivity index (χ0) is 16.7. The van der Waals surface area contributed by atoms with Gasteiger partial charge >= 0.3 is 0 Å². The molecule has 0 bridgehead atoms. The molecule has 23 heavy (non-hydrogen) atoms. The molecule has 1 aliphatic rings. The summed E-state index contributed by atoms with van der Waals surface area (Å²) in [5, 5.41) is 0. The van der Waals surface area contributed by atoms with Crippen LogP contribution in [0, 0.1) is 6.92 Å². The lowest BCUT2D eigenvalue weighted by Gasteiger charge is -2.45. The van der Waals surface area contributed by atoms with Gasteiger partial charge in [0.1, 0.15) is 0 Å². The van der Waals surface area contributed by atoms with Crippen molar-refractivity contribution in [2.45, 2.75) is 45.3 Å². The lowest BCUT2D eigenvalue weighted by Crippen LogP contribution is -2.60. The second-order valence-corrected chi connectivity index (χ2v) is 7.61. The van der Waals surface area contributed by atoms with Crippen LogP contribution < -0.4 is 5.46 Å². The van der Waals surface area contributed by atoms with Crippen LogP contribution in [0.5, 0.6) is 0 Å². The summed E-state index contributed by atoms with van der Waals surface area (Å²) < 4.78 is 0.0443. The van der Waals surface area contributed by atoms with Crippen molar-refractivity contribution in [2.24, 2.45) is 0 Å². The van der Waals surface area contributed by atoms with Gasteiger partial charge in [-0.1, -0.05) is 80.7 Å².